The molecule has 0 spiro atoms. The molecule has 1 aromatic heterocycles. The van der Waals surface area contributed by atoms with Crippen LogP contribution in [0.25, 0.3) is 0 Å². The van der Waals surface area contributed by atoms with E-state index >= 15 is 0 Å². The largest absolute Gasteiger partial charge is 0.378 e. The molecule has 3 unspecified atom stereocenters. The normalized spacial score (nSPS) is 26.4. The summed E-state index contributed by atoms with van der Waals surface area (Å²) < 4.78 is 8.01. The van der Waals surface area contributed by atoms with Crippen molar-refractivity contribution in [3.8, 4) is 0 Å². The first-order valence-corrected chi connectivity index (χ1v) is 8.33. The van der Waals surface area contributed by atoms with Gasteiger partial charge in [0.15, 0.2) is 0 Å². The highest BCUT2D eigenvalue weighted by Crippen LogP contribution is 2.41. The van der Waals surface area contributed by atoms with Crippen LogP contribution in [0.1, 0.15) is 31.2 Å². The number of ether oxygens (including phenoxy) is 1. The van der Waals surface area contributed by atoms with Gasteiger partial charge in [0, 0.05) is 27.9 Å². The van der Waals surface area contributed by atoms with E-state index in [1.165, 1.54) is 8.66 Å². The van der Waals surface area contributed by atoms with E-state index in [9.17, 15) is 0 Å². The lowest BCUT2D eigenvalue weighted by Gasteiger charge is -2.25. The number of hydrogen-bond donors (Lipinski definition) is 1. The number of thiophene rings is 1. The van der Waals surface area contributed by atoms with Crippen LogP contribution < -0.4 is 5.32 Å². The number of nitrogens with one attached hydrogen (secondary N) is 1. The SMILES string of the molecule is CCNC(c1cc(Br)c(Br)s1)C1CCOC1C. The molecule has 0 amide bonds. The van der Waals surface area contributed by atoms with Crippen LogP contribution in [0.4, 0.5) is 0 Å². The highest BCUT2D eigenvalue weighted by molar-refractivity contribution is 9.13. The van der Waals surface area contributed by atoms with Gasteiger partial charge in [-0.05, 0) is 57.8 Å². The highest BCUT2D eigenvalue weighted by atomic mass is 79.9. The summed E-state index contributed by atoms with van der Waals surface area (Å²) in [5.41, 5.74) is 0. The molecule has 1 aromatic rings. The van der Waals surface area contributed by atoms with Crippen molar-refractivity contribution in [3.63, 3.8) is 0 Å². The van der Waals surface area contributed by atoms with Gasteiger partial charge in [0.1, 0.15) is 0 Å². The Morgan fingerprint density at radius 2 is 2.35 bits per heavy atom. The van der Waals surface area contributed by atoms with Crippen LogP contribution in [0, 0.1) is 5.92 Å². The lowest BCUT2D eigenvalue weighted by molar-refractivity contribution is 0.0959. The minimum atomic E-state index is 0.346. The third-order valence-corrected chi connectivity index (χ3v) is 6.60. The number of hydrogen-bond acceptors (Lipinski definition) is 3. The zero-order valence-corrected chi connectivity index (χ0v) is 14.0. The maximum atomic E-state index is 5.69. The zero-order chi connectivity index (χ0) is 12.4. The average molecular weight is 383 g/mol. The van der Waals surface area contributed by atoms with Crippen molar-refractivity contribution < 1.29 is 4.74 Å². The Hall–Kier alpha value is 0.580. The van der Waals surface area contributed by atoms with E-state index in [1.807, 2.05) is 0 Å². The van der Waals surface area contributed by atoms with Gasteiger partial charge in [-0.2, -0.15) is 0 Å². The van der Waals surface area contributed by atoms with Crippen molar-refractivity contribution in [2.75, 3.05) is 13.2 Å². The molecule has 0 aliphatic carbocycles. The maximum Gasteiger partial charge on any atom is 0.0843 e. The van der Waals surface area contributed by atoms with E-state index in [0.717, 1.165) is 24.0 Å². The fourth-order valence-electron chi connectivity index (χ4n) is 2.39. The van der Waals surface area contributed by atoms with E-state index in [4.69, 9.17) is 4.74 Å². The Morgan fingerprint density at radius 1 is 1.59 bits per heavy atom. The third kappa shape index (κ3) is 3.13. The van der Waals surface area contributed by atoms with Crippen molar-refractivity contribution in [2.24, 2.45) is 5.92 Å². The molecule has 2 heterocycles. The van der Waals surface area contributed by atoms with Gasteiger partial charge in [-0.3, -0.25) is 0 Å². The molecule has 0 aromatic carbocycles. The first-order valence-electron chi connectivity index (χ1n) is 5.93. The molecule has 1 aliphatic rings. The van der Waals surface area contributed by atoms with Crippen LogP contribution >= 0.6 is 43.2 Å². The molecule has 0 radical (unpaired) electrons. The standard InChI is InChI=1S/C12H17Br2NOS/c1-3-15-11(8-4-5-16-7(8)2)10-6-9(13)12(14)17-10/h6-8,11,15H,3-5H2,1-2H3. The summed E-state index contributed by atoms with van der Waals surface area (Å²) >= 11 is 8.94. The Bertz CT molecular complexity index is 363. The monoisotopic (exact) mass is 381 g/mol. The molecule has 2 rings (SSSR count). The first kappa shape index (κ1) is 14.0. The molecule has 1 aliphatic heterocycles. The summed E-state index contributed by atoms with van der Waals surface area (Å²) in [4.78, 5) is 1.38. The zero-order valence-electron chi connectivity index (χ0n) is 10.0. The summed E-state index contributed by atoms with van der Waals surface area (Å²) in [7, 11) is 0. The second-order valence-corrected chi connectivity index (χ2v) is 7.59. The molecule has 96 valence electrons. The van der Waals surface area contributed by atoms with Gasteiger partial charge in [-0.1, -0.05) is 6.92 Å². The quantitative estimate of drug-likeness (QED) is 0.835. The van der Waals surface area contributed by atoms with E-state index in [-0.39, 0.29) is 0 Å². The van der Waals surface area contributed by atoms with E-state index in [0.29, 0.717) is 18.1 Å². The van der Waals surface area contributed by atoms with Crippen molar-refractivity contribution >= 4 is 43.2 Å². The van der Waals surface area contributed by atoms with Gasteiger partial charge in [0.2, 0.25) is 0 Å². The summed E-state index contributed by atoms with van der Waals surface area (Å²) in [5, 5.41) is 3.60. The average Bonchev–Trinajstić information content (AvgIpc) is 2.83. The molecule has 0 bridgehead atoms. The fraction of sp³-hybridized carbons (Fsp3) is 0.667. The first-order chi connectivity index (χ1) is 8.13. The Labute approximate surface area is 123 Å². The van der Waals surface area contributed by atoms with E-state index in [1.54, 1.807) is 11.3 Å². The summed E-state index contributed by atoms with van der Waals surface area (Å²) in [6.07, 6.45) is 1.49. The third-order valence-electron chi connectivity index (χ3n) is 3.26. The van der Waals surface area contributed by atoms with Gasteiger partial charge in [0.25, 0.3) is 0 Å². The summed E-state index contributed by atoms with van der Waals surface area (Å²) in [5.74, 6) is 0.576. The molecule has 3 atom stereocenters. The molecule has 2 nitrogen and oxygen atoms in total. The van der Waals surface area contributed by atoms with Gasteiger partial charge < -0.3 is 10.1 Å². The molecular formula is C12H17Br2NOS. The van der Waals surface area contributed by atoms with Crippen molar-refractivity contribution in [1.29, 1.82) is 0 Å². The minimum absolute atomic E-state index is 0.346. The van der Waals surface area contributed by atoms with Gasteiger partial charge in [-0.15, -0.1) is 11.3 Å². The van der Waals surface area contributed by atoms with Crippen LogP contribution in [0.3, 0.4) is 0 Å². The molecular weight excluding hydrogens is 366 g/mol. The topological polar surface area (TPSA) is 21.3 Å². The number of rotatable bonds is 4. The second kappa shape index (κ2) is 6.15. The summed E-state index contributed by atoms with van der Waals surface area (Å²) in [6.45, 7) is 6.22. The molecule has 17 heavy (non-hydrogen) atoms. The van der Waals surface area contributed by atoms with Gasteiger partial charge in [-0.25, -0.2) is 0 Å². The van der Waals surface area contributed by atoms with Crippen LogP contribution in [0.15, 0.2) is 14.3 Å². The van der Waals surface area contributed by atoms with Crippen molar-refractivity contribution in [2.45, 2.75) is 32.4 Å². The van der Waals surface area contributed by atoms with Crippen LogP contribution in [0.5, 0.6) is 0 Å². The van der Waals surface area contributed by atoms with E-state index < -0.39 is 0 Å². The second-order valence-electron chi connectivity index (χ2n) is 4.33. The van der Waals surface area contributed by atoms with Crippen LogP contribution in [0.2, 0.25) is 0 Å². The Morgan fingerprint density at radius 3 is 2.82 bits per heavy atom. The van der Waals surface area contributed by atoms with Gasteiger partial charge in [0.05, 0.1) is 9.89 Å². The maximum absolute atomic E-state index is 5.69. The van der Waals surface area contributed by atoms with E-state index in [2.05, 4.69) is 57.1 Å². The highest BCUT2D eigenvalue weighted by Gasteiger charge is 2.33. The van der Waals surface area contributed by atoms with Gasteiger partial charge >= 0.3 is 0 Å². The summed E-state index contributed by atoms with van der Waals surface area (Å²) in [6, 6.07) is 2.62. The minimum Gasteiger partial charge on any atom is -0.378 e. The van der Waals surface area contributed by atoms with Crippen LogP contribution in [-0.2, 0) is 4.74 Å². The van der Waals surface area contributed by atoms with Crippen LogP contribution in [-0.4, -0.2) is 19.3 Å². The Balaban J connectivity index is 2.21. The van der Waals surface area contributed by atoms with Crippen molar-refractivity contribution in [3.05, 3.63) is 19.2 Å². The molecule has 1 saturated heterocycles. The molecule has 1 N–H and O–H groups in total. The molecule has 0 saturated carbocycles. The molecule has 5 heteroatoms. The lowest BCUT2D eigenvalue weighted by Crippen LogP contribution is -2.31. The predicted molar refractivity (Wildman–Crippen MR) is 79.7 cm³/mol. The predicted octanol–water partition coefficient (Wildman–Crippen LogP) is 4.35. The smallest absolute Gasteiger partial charge is 0.0843 e. The van der Waals surface area contributed by atoms with Crippen molar-refractivity contribution in [1.82, 2.24) is 5.32 Å². The lowest BCUT2D eigenvalue weighted by atomic mass is 9.92. The number of halogens is 2. The fourth-order valence-corrected chi connectivity index (χ4v) is 4.63. The Kier molecular flexibility index (Phi) is 5.06. The molecule has 1 fully saturated rings.